The van der Waals surface area contributed by atoms with Gasteiger partial charge in [-0.05, 0) is 38.1 Å². The molecule has 0 radical (unpaired) electrons. The first-order chi connectivity index (χ1) is 6.57. The van der Waals surface area contributed by atoms with Gasteiger partial charge in [0.1, 0.15) is 0 Å². The van der Waals surface area contributed by atoms with Gasteiger partial charge in [-0.15, -0.1) is 0 Å². The number of nitrogens with zero attached hydrogens (tertiary/aromatic N) is 1. The fourth-order valence-corrected chi connectivity index (χ4v) is 2.28. The summed E-state index contributed by atoms with van der Waals surface area (Å²) in [6.07, 6.45) is 4.16. The average molecular weight is 196 g/mol. The number of hydrogen-bond acceptors (Lipinski definition) is 2. The van der Waals surface area contributed by atoms with Crippen molar-refractivity contribution in [1.82, 2.24) is 10.2 Å². The molecule has 1 heterocycles. The van der Waals surface area contributed by atoms with Crippen molar-refractivity contribution in [3.8, 4) is 0 Å². The molecule has 0 aromatic rings. The van der Waals surface area contributed by atoms with E-state index >= 15 is 0 Å². The van der Waals surface area contributed by atoms with Crippen molar-refractivity contribution in [2.24, 2.45) is 5.41 Å². The van der Waals surface area contributed by atoms with Gasteiger partial charge in [-0.25, -0.2) is 0 Å². The van der Waals surface area contributed by atoms with Crippen LogP contribution in [-0.2, 0) is 0 Å². The molecule has 1 aliphatic heterocycles. The molecule has 2 nitrogen and oxygen atoms in total. The number of likely N-dealkylation sites (tertiary alicyclic amines) is 1. The maximum absolute atomic E-state index is 3.62. The van der Waals surface area contributed by atoms with Crippen LogP contribution in [0.3, 0.4) is 0 Å². The third-order valence-corrected chi connectivity index (χ3v) is 3.61. The van der Waals surface area contributed by atoms with Crippen LogP contribution < -0.4 is 5.32 Å². The van der Waals surface area contributed by atoms with Gasteiger partial charge in [0, 0.05) is 25.2 Å². The fourth-order valence-electron chi connectivity index (χ4n) is 2.28. The van der Waals surface area contributed by atoms with E-state index in [2.05, 4.69) is 31.0 Å². The van der Waals surface area contributed by atoms with E-state index in [0.717, 1.165) is 12.1 Å². The van der Waals surface area contributed by atoms with E-state index in [1.54, 1.807) is 0 Å². The molecule has 2 fully saturated rings. The highest BCUT2D eigenvalue weighted by atomic mass is 15.2. The summed E-state index contributed by atoms with van der Waals surface area (Å²) < 4.78 is 0. The molecule has 14 heavy (non-hydrogen) atoms. The van der Waals surface area contributed by atoms with Crippen molar-refractivity contribution in [1.29, 1.82) is 0 Å². The van der Waals surface area contributed by atoms with Crippen LogP contribution in [0, 0.1) is 5.41 Å². The molecule has 1 saturated carbocycles. The zero-order valence-corrected chi connectivity index (χ0v) is 9.84. The molecule has 2 heteroatoms. The molecule has 1 aliphatic carbocycles. The molecule has 1 unspecified atom stereocenters. The van der Waals surface area contributed by atoms with Gasteiger partial charge < -0.3 is 5.32 Å². The Hall–Kier alpha value is -0.0800. The van der Waals surface area contributed by atoms with Crippen LogP contribution in [0.4, 0.5) is 0 Å². The van der Waals surface area contributed by atoms with Crippen molar-refractivity contribution < 1.29 is 0 Å². The second-order valence-electron chi connectivity index (χ2n) is 5.92. The van der Waals surface area contributed by atoms with Gasteiger partial charge in [-0.1, -0.05) is 13.8 Å². The Labute approximate surface area is 88.1 Å². The van der Waals surface area contributed by atoms with Crippen molar-refractivity contribution in [2.75, 3.05) is 19.6 Å². The summed E-state index contributed by atoms with van der Waals surface area (Å²) >= 11 is 0. The largest absolute Gasteiger partial charge is 0.312 e. The quantitative estimate of drug-likeness (QED) is 0.738. The molecule has 2 rings (SSSR count). The van der Waals surface area contributed by atoms with Crippen LogP contribution in [0.15, 0.2) is 0 Å². The Bertz CT molecular complexity index is 196. The monoisotopic (exact) mass is 196 g/mol. The Morgan fingerprint density at radius 1 is 1.43 bits per heavy atom. The minimum absolute atomic E-state index is 0.549. The van der Waals surface area contributed by atoms with Gasteiger partial charge >= 0.3 is 0 Å². The second-order valence-corrected chi connectivity index (χ2v) is 5.92. The highest BCUT2D eigenvalue weighted by Gasteiger charge is 2.32. The van der Waals surface area contributed by atoms with E-state index < -0.39 is 0 Å². The molecule has 0 amide bonds. The van der Waals surface area contributed by atoms with Gasteiger partial charge in [0.25, 0.3) is 0 Å². The highest BCUT2D eigenvalue weighted by Crippen LogP contribution is 2.30. The molecular formula is C12H24N2. The van der Waals surface area contributed by atoms with Gasteiger partial charge in [0.05, 0.1) is 0 Å². The molecular weight excluding hydrogens is 172 g/mol. The lowest BCUT2D eigenvalue weighted by molar-refractivity contribution is 0.225. The highest BCUT2D eigenvalue weighted by molar-refractivity contribution is 4.88. The van der Waals surface area contributed by atoms with E-state index in [1.807, 2.05) is 0 Å². The lowest BCUT2D eigenvalue weighted by Crippen LogP contribution is -2.40. The normalized spacial score (nSPS) is 29.4. The van der Waals surface area contributed by atoms with Gasteiger partial charge in [0.15, 0.2) is 0 Å². The summed E-state index contributed by atoms with van der Waals surface area (Å²) in [6.45, 7) is 10.9. The Morgan fingerprint density at radius 3 is 2.64 bits per heavy atom. The first-order valence-corrected chi connectivity index (χ1v) is 6.04. The standard InChI is InChI=1S/C12H24N2/c1-10(8-13-11-4-5-11)14-7-6-12(2,3)9-14/h10-11,13H,4-9H2,1-3H3. The van der Waals surface area contributed by atoms with Crippen molar-refractivity contribution >= 4 is 0 Å². The molecule has 82 valence electrons. The van der Waals surface area contributed by atoms with E-state index in [9.17, 15) is 0 Å². The maximum atomic E-state index is 3.62. The third kappa shape index (κ3) is 2.71. The topological polar surface area (TPSA) is 15.3 Å². The van der Waals surface area contributed by atoms with E-state index in [4.69, 9.17) is 0 Å². The minimum atomic E-state index is 0.549. The summed E-state index contributed by atoms with van der Waals surface area (Å²) in [5.74, 6) is 0. The van der Waals surface area contributed by atoms with Crippen molar-refractivity contribution in [2.45, 2.75) is 52.1 Å². The number of nitrogens with one attached hydrogen (secondary N) is 1. The molecule has 1 atom stereocenters. The third-order valence-electron chi connectivity index (χ3n) is 3.61. The number of hydrogen-bond donors (Lipinski definition) is 1. The van der Waals surface area contributed by atoms with Crippen LogP contribution in [-0.4, -0.2) is 36.6 Å². The fraction of sp³-hybridized carbons (Fsp3) is 1.00. The Kier molecular flexibility index (Phi) is 2.85. The molecule has 0 aromatic carbocycles. The average Bonchev–Trinajstić information content (AvgIpc) is 2.86. The smallest absolute Gasteiger partial charge is 0.0192 e. The summed E-state index contributed by atoms with van der Waals surface area (Å²) in [7, 11) is 0. The van der Waals surface area contributed by atoms with Crippen LogP contribution >= 0.6 is 0 Å². The van der Waals surface area contributed by atoms with Crippen LogP contribution in [0.1, 0.15) is 40.0 Å². The Morgan fingerprint density at radius 2 is 2.14 bits per heavy atom. The molecule has 0 bridgehead atoms. The summed E-state index contributed by atoms with van der Waals surface area (Å²) in [5.41, 5.74) is 0.549. The van der Waals surface area contributed by atoms with E-state index in [0.29, 0.717) is 5.41 Å². The molecule has 0 spiro atoms. The van der Waals surface area contributed by atoms with Gasteiger partial charge in [0.2, 0.25) is 0 Å². The van der Waals surface area contributed by atoms with Crippen LogP contribution in [0.2, 0.25) is 0 Å². The molecule has 2 aliphatic rings. The predicted octanol–water partition coefficient (Wildman–Crippen LogP) is 1.86. The lowest BCUT2D eigenvalue weighted by Gasteiger charge is -2.26. The van der Waals surface area contributed by atoms with Crippen LogP contribution in [0.5, 0.6) is 0 Å². The van der Waals surface area contributed by atoms with Gasteiger partial charge in [-0.3, -0.25) is 4.90 Å². The SMILES string of the molecule is CC(CNC1CC1)N1CCC(C)(C)C1. The van der Waals surface area contributed by atoms with Crippen LogP contribution in [0.25, 0.3) is 0 Å². The maximum Gasteiger partial charge on any atom is 0.0192 e. The zero-order chi connectivity index (χ0) is 10.2. The minimum Gasteiger partial charge on any atom is -0.312 e. The summed E-state index contributed by atoms with van der Waals surface area (Å²) in [5, 5.41) is 3.62. The molecule has 1 N–H and O–H groups in total. The summed E-state index contributed by atoms with van der Waals surface area (Å²) in [6, 6.07) is 1.57. The lowest BCUT2D eigenvalue weighted by atomic mass is 9.93. The molecule has 1 saturated heterocycles. The molecule has 0 aromatic heterocycles. The van der Waals surface area contributed by atoms with Gasteiger partial charge in [-0.2, -0.15) is 0 Å². The first-order valence-electron chi connectivity index (χ1n) is 6.04. The first kappa shape index (κ1) is 10.4. The van der Waals surface area contributed by atoms with E-state index in [1.165, 1.54) is 38.9 Å². The summed E-state index contributed by atoms with van der Waals surface area (Å²) in [4.78, 5) is 2.63. The van der Waals surface area contributed by atoms with Crippen molar-refractivity contribution in [3.63, 3.8) is 0 Å². The number of rotatable bonds is 4. The van der Waals surface area contributed by atoms with Crippen molar-refractivity contribution in [3.05, 3.63) is 0 Å². The van der Waals surface area contributed by atoms with E-state index in [-0.39, 0.29) is 0 Å². The Balaban J connectivity index is 1.71. The zero-order valence-electron chi connectivity index (χ0n) is 9.84. The second kappa shape index (κ2) is 3.82. The predicted molar refractivity (Wildman–Crippen MR) is 60.5 cm³/mol.